The smallest absolute Gasteiger partial charge is 0.171 e. The normalized spacial score (nSPS) is 11.3. The van der Waals surface area contributed by atoms with Gasteiger partial charge < -0.3 is 4.57 Å². The molecular formula is C24H20NOP. The van der Waals surface area contributed by atoms with E-state index >= 15 is 0 Å². The molecule has 4 rings (SSSR count). The molecule has 1 aromatic heterocycles. The van der Waals surface area contributed by atoms with Crippen molar-refractivity contribution in [2.24, 2.45) is 0 Å². The van der Waals surface area contributed by atoms with Gasteiger partial charge in [-0.25, -0.2) is 0 Å². The van der Waals surface area contributed by atoms with Crippen LogP contribution in [0.1, 0.15) is 11.3 Å². The van der Waals surface area contributed by atoms with Crippen molar-refractivity contribution in [1.82, 2.24) is 4.98 Å². The van der Waals surface area contributed by atoms with E-state index in [1.807, 2.05) is 91.0 Å². The van der Waals surface area contributed by atoms with Crippen LogP contribution in [0.25, 0.3) is 0 Å². The quantitative estimate of drug-likeness (QED) is 0.491. The molecule has 2 nitrogen and oxygen atoms in total. The highest BCUT2D eigenvalue weighted by atomic mass is 31.2. The van der Waals surface area contributed by atoms with Crippen LogP contribution in [-0.2, 0) is 11.0 Å². The van der Waals surface area contributed by atoms with Crippen LogP contribution in [-0.4, -0.2) is 4.98 Å². The number of aromatic nitrogens is 1. The Morgan fingerprint density at radius 3 is 1.70 bits per heavy atom. The number of hydrogen-bond acceptors (Lipinski definition) is 2. The number of rotatable bonds is 5. The molecule has 0 amide bonds. The average molecular weight is 369 g/mol. The standard InChI is InChI=1S/C24H20NOP/c26-27(22-12-6-2-7-13-22,23-14-8-3-9-15-23)24-16-17-25-21(19-24)18-20-10-4-1-5-11-20/h1-17,19H,18H2. The predicted octanol–water partition coefficient (Wildman–Crippen LogP) is 4.31. The van der Waals surface area contributed by atoms with Crippen molar-refractivity contribution in [2.75, 3.05) is 0 Å². The summed E-state index contributed by atoms with van der Waals surface area (Å²) in [6.07, 6.45) is 2.49. The molecular weight excluding hydrogens is 349 g/mol. The molecule has 0 radical (unpaired) electrons. The molecule has 0 aliphatic rings. The van der Waals surface area contributed by atoms with Gasteiger partial charge in [0.15, 0.2) is 7.14 Å². The first-order valence-electron chi connectivity index (χ1n) is 8.97. The molecule has 0 unspecified atom stereocenters. The van der Waals surface area contributed by atoms with E-state index in [0.29, 0.717) is 0 Å². The summed E-state index contributed by atoms with van der Waals surface area (Å²) in [6, 6.07) is 33.6. The minimum absolute atomic E-state index is 0.720. The molecule has 0 fully saturated rings. The summed E-state index contributed by atoms with van der Waals surface area (Å²) in [4.78, 5) is 4.51. The van der Waals surface area contributed by atoms with Gasteiger partial charge in [-0.2, -0.15) is 0 Å². The second-order valence-electron chi connectivity index (χ2n) is 6.45. The second kappa shape index (κ2) is 7.73. The van der Waals surface area contributed by atoms with Gasteiger partial charge in [-0.15, -0.1) is 0 Å². The fourth-order valence-electron chi connectivity index (χ4n) is 3.29. The predicted molar refractivity (Wildman–Crippen MR) is 113 cm³/mol. The molecule has 0 saturated heterocycles. The van der Waals surface area contributed by atoms with Gasteiger partial charge in [0.1, 0.15) is 0 Å². The first-order valence-corrected chi connectivity index (χ1v) is 10.7. The van der Waals surface area contributed by atoms with Crippen LogP contribution in [0.4, 0.5) is 0 Å². The SMILES string of the molecule is O=P(c1ccccc1)(c1ccccc1)c1ccnc(Cc2ccccc2)c1. The van der Waals surface area contributed by atoms with E-state index in [2.05, 4.69) is 17.1 Å². The molecule has 3 aromatic carbocycles. The monoisotopic (exact) mass is 369 g/mol. The summed E-state index contributed by atoms with van der Waals surface area (Å²) >= 11 is 0. The highest BCUT2D eigenvalue weighted by Gasteiger charge is 2.29. The highest BCUT2D eigenvalue weighted by molar-refractivity contribution is 7.85. The Balaban J connectivity index is 1.82. The first-order chi connectivity index (χ1) is 13.3. The van der Waals surface area contributed by atoms with Crippen molar-refractivity contribution in [2.45, 2.75) is 6.42 Å². The summed E-state index contributed by atoms with van der Waals surface area (Å²) in [5, 5.41) is 2.50. The molecule has 4 aromatic rings. The lowest BCUT2D eigenvalue weighted by molar-refractivity contribution is 0.592. The van der Waals surface area contributed by atoms with Gasteiger partial charge in [0.2, 0.25) is 0 Å². The second-order valence-corrected chi connectivity index (χ2v) is 9.22. The van der Waals surface area contributed by atoms with Crippen molar-refractivity contribution in [3.8, 4) is 0 Å². The molecule has 0 bridgehead atoms. The topological polar surface area (TPSA) is 30.0 Å². The lowest BCUT2D eigenvalue weighted by Gasteiger charge is -2.20. The Bertz CT molecular complexity index is 1020. The maximum atomic E-state index is 14.4. The third-order valence-electron chi connectivity index (χ3n) is 4.63. The van der Waals surface area contributed by atoms with E-state index in [4.69, 9.17) is 0 Å². The van der Waals surface area contributed by atoms with E-state index in [1.54, 1.807) is 6.20 Å². The highest BCUT2D eigenvalue weighted by Crippen LogP contribution is 2.42. The lowest BCUT2D eigenvalue weighted by atomic mass is 10.1. The van der Waals surface area contributed by atoms with E-state index in [0.717, 1.165) is 28.0 Å². The minimum Gasteiger partial charge on any atom is -0.309 e. The molecule has 0 aliphatic carbocycles. The van der Waals surface area contributed by atoms with Crippen molar-refractivity contribution in [3.63, 3.8) is 0 Å². The van der Waals surface area contributed by atoms with Crippen LogP contribution in [0.2, 0.25) is 0 Å². The molecule has 0 aliphatic heterocycles. The van der Waals surface area contributed by atoms with Gasteiger partial charge in [0.25, 0.3) is 0 Å². The van der Waals surface area contributed by atoms with Crippen LogP contribution in [0, 0.1) is 0 Å². The van der Waals surface area contributed by atoms with Crippen LogP contribution >= 0.6 is 7.14 Å². The number of hydrogen-bond donors (Lipinski definition) is 0. The summed E-state index contributed by atoms with van der Waals surface area (Å²) in [5.41, 5.74) is 2.11. The molecule has 0 saturated carbocycles. The molecule has 1 heterocycles. The third kappa shape index (κ3) is 3.63. The lowest BCUT2D eigenvalue weighted by Crippen LogP contribution is -2.25. The van der Waals surface area contributed by atoms with E-state index in [9.17, 15) is 4.57 Å². The minimum atomic E-state index is -2.95. The van der Waals surface area contributed by atoms with Crippen molar-refractivity contribution in [3.05, 3.63) is 121 Å². The molecule has 3 heteroatoms. The Morgan fingerprint density at radius 2 is 1.15 bits per heavy atom. The average Bonchev–Trinajstić information content (AvgIpc) is 2.75. The van der Waals surface area contributed by atoms with Crippen LogP contribution in [0.3, 0.4) is 0 Å². The number of benzene rings is 3. The zero-order valence-corrected chi connectivity index (χ0v) is 15.8. The molecule has 0 spiro atoms. The fourth-order valence-corrected chi connectivity index (χ4v) is 5.97. The van der Waals surface area contributed by atoms with Crippen molar-refractivity contribution < 1.29 is 4.57 Å². The zero-order valence-electron chi connectivity index (χ0n) is 14.9. The van der Waals surface area contributed by atoms with Gasteiger partial charge in [0.05, 0.1) is 0 Å². The molecule has 0 atom stereocenters. The van der Waals surface area contributed by atoms with E-state index in [1.165, 1.54) is 5.56 Å². The summed E-state index contributed by atoms with van der Waals surface area (Å²) in [5.74, 6) is 0. The molecule has 0 N–H and O–H groups in total. The van der Waals surface area contributed by atoms with Gasteiger partial charge in [-0.1, -0.05) is 91.0 Å². The third-order valence-corrected chi connectivity index (χ3v) is 7.69. The number of nitrogens with zero attached hydrogens (tertiary/aromatic N) is 1. The maximum absolute atomic E-state index is 14.4. The van der Waals surface area contributed by atoms with E-state index < -0.39 is 7.14 Å². The van der Waals surface area contributed by atoms with Gasteiger partial charge in [0, 0.05) is 34.2 Å². The Labute approximate surface area is 159 Å². The fraction of sp³-hybridized carbons (Fsp3) is 0.0417. The molecule has 132 valence electrons. The van der Waals surface area contributed by atoms with Gasteiger partial charge in [-0.3, -0.25) is 4.98 Å². The largest absolute Gasteiger partial charge is 0.309 e. The summed E-state index contributed by atoms with van der Waals surface area (Å²) < 4.78 is 14.4. The Hall–Kier alpha value is -2.96. The van der Waals surface area contributed by atoms with Gasteiger partial charge in [-0.05, 0) is 17.7 Å². The van der Waals surface area contributed by atoms with Crippen LogP contribution < -0.4 is 15.9 Å². The summed E-state index contributed by atoms with van der Waals surface area (Å²) in [6.45, 7) is 0. The van der Waals surface area contributed by atoms with Crippen LogP contribution in [0.5, 0.6) is 0 Å². The zero-order chi connectivity index (χ0) is 18.5. The maximum Gasteiger partial charge on any atom is 0.171 e. The first kappa shape index (κ1) is 17.5. The number of pyridine rings is 1. The molecule has 27 heavy (non-hydrogen) atoms. The van der Waals surface area contributed by atoms with Crippen molar-refractivity contribution in [1.29, 1.82) is 0 Å². The Kier molecular flexibility index (Phi) is 5.00. The van der Waals surface area contributed by atoms with Gasteiger partial charge >= 0.3 is 0 Å². The van der Waals surface area contributed by atoms with Crippen LogP contribution in [0.15, 0.2) is 109 Å². The van der Waals surface area contributed by atoms with Crippen molar-refractivity contribution >= 4 is 23.1 Å². The van der Waals surface area contributed by atoms with E-state index in [-0.39, 0.29) is 0 Å². The Morgan fingerprint density at radius 1 is 0.630 bits per heavy atom. The summed E-state index contributed by atoms with van der Waals surface area (Å²) in [7, 11) is -2.95.